The molecule has 2 nitrogen and oxygen atoms in total. The van der Waals surface area contributed by atoms with Crippen LogP contribution in [-0.4, -0.2) is 11.0 Å². The zero-order valence-corrected chi connectivity index (χ0v) is 7.66. The van der Waals surface area contributed by atoms with Gasteiger partial charge in [0.25, 0.3) is 0 Å². The van der Waals surface area contributed by atoms with Crippen molar-refractivity contribution in [3.8, 4) is 0 Å². The molecule has 2 heteroatoms. The lowest BCUT2D eigenvalue weighted by Crippen LogP contribution is -2.15. The quantitative estimate of drug-likeness (QED) is 0.755. The molecule has 0 aliphatic heterocycles. The fourth-order valence-electron chi connectivity index (χ4n) is 1.27. The zero-order valence-electron chi connectivity index (χ0n) is 7.66. The van der Waals surface area contributed by atoms with Gasteiger partial charge in [0, 0.05) is 25.0 Å². The van der Waals surface area contributed by atoms with E-state index in [1.165, 1.54) is 18.4 Å². The minimum absolute atomic E-state index is 0.757. The van der Waals surface area contributed by atoms with Crippen LogP contribution in [0.5, 0.6) is 0 Å². The Hall–Kier alpha value is -1.15. The second-order valence-electron chi connectivity index (χ2n) is 3.49. The SMILES string of the molecule is C=Cc1cncc(CNC2CC2)c1. The summed E-state index contributed by atoms with van der Waals surface area (Å²) in [6.45, 7) is 4.65. The van der Waals surface area contributed by atoms with E-state index in [-0.39, 0.29) is 0 Å². The van der Waals surface area contributed by atoms with Gasteiger partial charge in [-0.15, -0.1) is 0 Å². The summed E-state index contributed by atoms with van der Waals surface area (Å²) in [5.41, 5.74) is 2.33. The van der Waals surface area contributed by atoms with Crippen LogP contribution in [0.15, 0.2) is 25.0 Å². The highest BCUT2D eigenvalue weighted by molar-refractivity contribution is 5.45. The monoisotopic (exact) mass is 174 g/mol. The van der Waals surface area contributed by atoms with Crippen LogP contribution < -0.4 is 5.32 Å². The van der Waals surface area contributed by atoms with Gasteiger partial charge in [-0.3, -0.25) is 4.98 Å². The molecule has 1 aliphatic carbocycles. The van der Waals surface area contributed by atoms with E-state index in [0.717, 1.165) is 18.2 Å². The molecule has 1 aliphatic rings. The third kappa shape index (κ3) is 2.39. The van der Waals surface area contributed by atoms with E-state index in [1.807, 2.05) is 18.5 Å². The number of nitrogens with zero attached hydrogens (tertiary/aromatic N) is 1. The Morgan fingerprint density at radius 3 is 3.08 bits per heavy atom. The van der Waals surface area contributed by atoms with E-state index in [4.69, 9.17) is 0 Å². The molecule has 0 radical (unpaired) electrons. The van der Waals surface area contributed by atoms with Crippen molar-refractivity contribution >= 4 is 6.08 Å². The van der Waals surface area contributed by atoms with Crippen LogP contribution in [0.4, 0.5) is 0 Å². The number of hydrogen-bond donors (Lipinski definition) is 1. The smallest absolute Gasteiger partial charge is 0.0340 e. The molecule has 0 spiro atoms. The first-order valence-electron chi connectivity index (χ1n) is 4.68. The normalized spacial score (nSPS) is 15.7. The number of pyridine rings is 1. The van der Waals surface area contributed by atoms with Gasteiger partial charge >= 0.3 is 0 Å². The molecule has 2 rings (SSSR count). The van der Waals surface area contributed by atoms with E-state index in [0.29, 0.717) is 0 Å². The van der Waals surface area contributed by atoms with Crippen molar-refractivity contribution in [2.45, 2.75) is 25.4 Å². The summed E-state index contributed by atoms with van der Waals surface area (Å²) in [6.07, 6.45) is 8.22. The van der Waals surface area contributed by atoms with Crippen molar-refractivity contribution in [3.05, 3.63) is 36.2 Å². The lowest BCUT2D eigenvalue weighted by molar-refractivity contribution is 0.686. The van der Waals surface area contributed by atoms with Gasteiger partial charge in [0.1, 0.15) is 0 Å². The highest BCUT2D eigenvalue weighted by Gasteiger charge is 2.19. The van der Waals surface area contributed by atoms with Crippen LogP contribution in [0.25, 0.3) is 6.08 Å². The lowest BCUT2D eigenvalue weighted by atomic mass is 10.2. The topological polar surface area (TPSA) is 24.9 Å². The maximum atomic E-state index is 4.14. The van der Waals surface area contributed by atoms with Gasteiger partial charge in [-0.25, -0.2) is 0 Å². The molecule has 0 saturated heterocycles. The average Bonchev–Trinajstić information content (AvgIpc) is 2.99. The Balaban J connectivity index is 1.97. The fourth-order valence-corrected chi connectivity index (χ4v) is 1.27. The predicted octanol–water partition coefficient (Wildman–Crippen LogP) is 1.98. The molecule has 1 N–H and O–H groups in total. The van der Waals surface area contributed by atoms with Gasteiger partial charge in [0.15, 0.2) is 0 Å². The summed E-state index contributed by atoms with van der Waals surface area (Å²) in [6, 6.07) is 2.88. The van der Waals surface area contributed by atoms with Crippen LogP contribution in [0, 0.1) is 0 Å². The van der Waals surface area contributed by atoms with Gasteiger partial charge < -0.3 is 5.32 Å². The molecule has 1 aromatic rings. The Bertz CT molecular complexity index is 303. The fraction of sp³-hybridized carbons (Fsp3) is 0.364. The Kier molecular flexibility index (Phi) is 2.41. The summed E-state index contributed by atoms with van der Waals surface area (Å²) in [4.78, 5) is 4.14. The highest BCUT2D eigenvalue weighted by Crippen LogP contribution is 2.19. The molecule has 13 heavy (non-hydrogen) atoms. The van der Waals surface area contributed by atoms with E-state index >= 15 is 0 Å². The minimum atomic E-state index is 0.757. The molecule has 1 fully saturated rings. The molecule has 0 unspecified atom stereocenters. The molecule has 1 aromatic heterocycles. The van der Waals surface area contributed by atoms with Crippen LogP contribution in [0.2, 0.25) is 0 Å². The summed E-state index contributed by atoms with van der Waals surface area (Å²) < 4.78 is 0. The maximum absolute atomic E-state index is 4.14. The van der Waals surface area contributed by atoms with Gasteiger partial charge in [-0.1, -0.05) is 12.7 Å². The Morgan fingerprint density at radius 1 is 1.54 bits per heavy atom. The largest absolute Gasteiger partial charge is 0.310 e. The van der Waals surface area contributed by atoms with E-state index in [2.05, 4.69) is 22.9 Å². The number of hydrogen-bond acceptors (Lipinski definition) is 2. The van der Waals surface area contributed by atoms with Crippen LogP contribution in [-0.2, 0) is 6.54 Å². The second kappa shape index (κ2) is 3.71. The van der Waals surface area contributed by atoms with Crippen molar-refractivity contribution in [2.24, 2.45) is 0 Å². The van der Waals surface area contributed by atoms with Crippen molar-refractivity contribution in [3.63, 3.8) is 0 Å². The number of aromatic nitrogens is 1. The predicted molar refractivity (Wildman–Crippen MR) is 54.2 cm³/mol. The first-order valence-corrected chi connectivity index (χ1v) is 4.68. The summed E-state index contributed by atoms with van der Waals surface area (Å²) >= 11 is 0. The number of rotatable bonds is 4. The van der Waals surface area contributed by atoms with Crippen LogP contribution in [0.3, 0.4) is 0 Å². The third-order valence-corrected chi connectivity index (χ3v) is 2.22. The minimum Gasteiger partial charge on any atom is -0.310 e. The number of nitrogens with one attached hydrogen (secondary N) is 1. The first kappa shape index (κ1) is 8.45. The molecular formula is C11H14N2. The molecule has 1 saturated carbocycles. The molecule has 0 atom stereocenters. The van der Waals surface area contributed by atoms with Crippen LogP contribution in [0.1, 0.15) is 24.0 Å². The standard InChI is InChI=1S/C11H14N2/c1-2-9-5-10(7-12-6-9)8-13-11-3-4-11/h2,5-7,11,13H,1,3-4,8H2. The zero-order chi connectivity index (χ0) is 9.10. The second-order valence-corrected chi connectivity index (χ2v) is 3.49. The summed E-state index contributed by atoms with van der Waals surface area (Å²) in [5.74, 6) is 0. The van der Waals surface area contributed by atoms with Crippen molar-refractivity contribution in [2.75, 3.05) is 0 Å². The van der Waals surface area contributed by atoms with E-state index < -0.39 is 0 Å². The highest BCUT2D eigenvalue weighted by atomic mass is 14.9. The van der Waals surface area contributed by atoms with Crippen molar-refractivity contribution in [1.82, 2.24) is 10.3 Å². The Labute approximate surface area is 78.7 Å². The maximum Gasteiger partial charge on any atom is 0.0340 e. The van der Waals surface area contributed by atoms with Gasteiger partial charge in [0.2, 0.25) is 0 Å². The molecular weight excluding hydrogens is 160 g/mol. The molecule has 0 amide bonds. The average molecular weight is 174 g/mol. The van der Waals surface area contributed by atoms with Gasteiger partial charge in [0.05, 0.1) is 0 Å². The summed E-state index contributed by atoms with van der Waals surface area (Å²) in [5, 5.41) is 3.45. The van der Waals surface area contributed by atoms with E-state index in [1.54, 1.807) is 0 Å². The molecule has 68 valence electrons. The third-order valence-electron chi connectivity index (χ3n) is 2.22. The first-order chi connectivity index (χ1) is 6.38. The molecule has 0 aromatic carbocycles. The summed E-state index contributed by atoms with van der Waals surface area (Å²) in [7, 11) is 0. The molecule has 0 bridgehead atoms. The lowest BCUT2D eigenvalue weighted by Gasteiger charge is -2.02. The van der Waals surface area contributed by atoms with Gasteiger partial charge in [-0.05, 0) is 30.0 Å². The van der Waals surface area contributed by atoms with Crippen molar-refractivity contribution in [1.29, 1.82) is 0 Å². The Morgan fingerprint density at radius 2 is 2.38 bits per heavy atom. The van der Waals surface area contributed by atoms with Crippen molar-refractivity contribution < 1.29 is 0 Å². The molecule has 1 heterocycles. The van der Waals surface area contributed by atoms with E-state index in [9.17, 15) is 0 Å². The van der Waals surface area contributed by atoms with Gasteiger partial charge in [-0.2, -0.15) is 0 Å². The van der Waals surface area contributed by atoms with Crippen LogP contribution >= 0.6 is 0 Å².